The summed E-state index contributed by atoms with van der Waals surface area (Å²) in [5.74, 6) is 12.8. The summed E-state index contributed by atoms with van der Waals surface area (Å²) in [7, 11) is 0. The molecule has 2 N–H and O–H groups in total. The van der Waals surface area contributed by atoms with Gasteiger partial charge in [0.05, 0.1) is 5.69 Å². The van der Waals surface area contributed by atoms with Gasteiger partial charge >= 0.3 is 0 Å². The van der Waals surface area contributed by atoms with E-state index in [1.54, 1.807) is 6.07 Å². The van der Waals surface area contributed by atoms with Crippen LogP contribution in [0, 0.1) is 23.7 Å². The highest BCUT2D eigenvalue weighted by molar-refractivity contribution is 6.12. The first-order valence-electron chi connectivity index (χ1n) is 19.6. The molecule has 0 atom stereocenters. The van der Waals surface area contributed by atoms with Crippen molar-refractivity contribution in [2.45, 2.75) is 97.3 Å². The summed E-state index contributed by atoms with van der Waals surface area (Å²) in [6.07, 6.45) is 12.4. The van der Waals surface area contributed by atoms with Gasteiger partial charge < -0.3 is 15.1 Å². The van der Waals surface area contributed by atoms with Gasteiger partial charge in [-0.15, -0.1) is 0 Å². The molecule has 5 aromatic carbocycles. The van der Waals surface area contributed by atoms with Crippen LogP contribution in [0.3, 0.4) is 0 Å². The maximum Gasteiger partial charge on any atom is 0.159 e. The molecule has 0 aromatic heterocycles. The Kier molecular flexibility index (Phi) is 12.6. The van der Waals surface area contributed by atoms with Gasteiger partial charge in [0.2, 0.25) is 0 Å². The maximum atomic E-state index is 10.0. The first-order chi connectivity index (χ1) is 26.2. The Bertz CT molecular complexity index is 2120. The maximum absolute atomic E-state index is 10.0. The zero-order chi connectivity index (χ0) is 37.9. The van der Waals surface area contributed by atoms with Gasteiger partial charge in [0, 0.05) is 45.2 Å². The quantitative estimate of drug-likeness (QED) is 0.0726. The Balaban J connectivity index is 1.16. The van der Waals surface area contributed by atoms with E-state index in [0.717, 1.165) is 52.2 Å². The lowest BCUT2D eigenvalue weighted by Crippen LogP contribution is -2.24. The Labute approximate surface area is 322 Å². The van der Waals surface area contributed by atoms with Crippen molar-refractivity contribution < 1.29 is 10.2 Å². The molecule has 0 aliphatic carbocycles. The fourth-order valence-corrected chi connectivity index (χ4v) is 6.92. The normalized spacial score (nSPS) is 12.6. The number of unbranched alkanes of at least 4 members (excludes halogenated alkanes) is 6. The van der Waals surface area contributed by atoms with Crippen LogP contribution in [0.15, 0.2) is 114 Å². The highest BCUT2D eigenvalue weighted by Crippen LogP contribution is 2.45. The first-order valence-corrected chi connectivity index (χ1v) is 19.6. The van der Waals surface area contributed by atoms with Crippen LogP contribution in [0.1, 0.15) is 112 Å². The van der Waals surface area contributed by atoms with Gasteiger partial charge in [0.1, 0.15) is 5.71 Å². The van der Waals surface area contributed by atoms with Crippen molar-refractivity contribution in [3.8, 4) is 35.2 Å². The number of fused-ring (bicyclic) bond motifs is 1. The average Bonchev–Trinajstić information content (AvgIpc) is 3.43. The highest BCUT2D eigenvalue weighted by Gasteiger charge is 2.35. The Morgan fingerprint density at radius 3 is 1.39 bits per heavy atom. The molecule has 0 radical (unpaired) electrons. The van der Waals surface area contributed by atoms with Gasteiger partial charge in [-0.2, -0.15) is 0 Å². The second kappa shape index (κ2) is 17.9. The minimum Gasteiger partial charge on any atom is -0.504 e. The third-order valence-corrected chi connectivity index (χ3v) is 10.3. The van der Waals surface area contributed by atoms with Crippen molar-refractivity contribution in [2.75, 3.05) is 4.90 Å². The number of hydrogen-bond acceptors (Lipinski definition) is 4. The molecular weight excluding hydrogens is 661 g/mol. The molecule has 54 heavy (non-hydrogen) atoms. The Morgan fingerprint density at radius 1 is 0.519 bits per heavy atom. The summed E-state index contributed by atoms with van der Waals surface area (Å²) in [6, 6.07) is 37.7. The zero-order valence-electron chi connectivity index (χ0n) is 32.3. The van der Waals surface area contributed by atoms with Crippen molar-refractivity contribution in [3.05, 3.63) is 143 Å². The van der Waals surface area contributed by atoms with E-state index < -0.39 is 5.41 Å². The summed E-state index contributed by atoms with van der Waals surface area (Å²) in [6.45, 7) is 8.56. The van der Waals surface area contributed by atoms with Crippen molar-refractivity contribution >= 4 is 28.5 Å². The summed E-state index contributed by atoms with van der Waals surface area (Å²) in [5.41, 5.74) is 10.6. The highest BCUT2D eigenvalue weighted by atomic mass is 16.3. The lowest BCUT2D eigenvalue weighted by Gasteiger charge is -2.26. The van der Waals surface area contributed by atoms with Crippen LogP contribution in [0.5, 0.6) is 11.5 Å². The topological polar surface area (TPSA) is 56.1 Å². The van der Waals surface area contributed by atoms with E-state index in [1.165, 1.54) is 68.6 Å². The molecule has 4 heteroatoms. The van der Waals surface area contributed by atoms with Crippen LogP contribution in [-0.2, 0) is 18.3 Å². The molecule has 0 bridgehead atoms. The first kappa shape index (κ1) is 38.0. The summed E-state index contributed by atoms with van der Waals surface area (Å²) in [5, 5.41) is 19.9. The summed E-state index contributed by atoms with van der Waals surface area (Å²) >= 11 is 0. The van der Waals surface area contributed by atoms with Gasteiger partial charge in [-0.3, -0.25) is 0 Å². The molecule has 274 valence electrons. The summed E-state index contributed by atoms with van der Waals surface area (Å²) < 4.78 is 0. The van der Waals surface area contributed by atoms with Crippen LogP contribution >= 0.6 is 0 Å². The smallest absolute Gasteiger partial charge is 0.159 e. The third-order valence-electron chi connectivity index (χ3n) is 10.3. The van der Waals surface area contributed by atoms with Crippen molar-refractivity contribution in [2.24, 2.45) is 4.99 Å². The fraction of sp³-hybridized carbons (Fsp3) is 0.300. The third kappa shape index (κ3) is 9.44. The van der Waals surface area contributed by atoms with Gasteiger partial charge in [-0.25, -0.2) is 4.99 Å². The number of phenols is 2. The molecular formula is C50H52N2O2. The van der Waals surface area contributed by atoms with Crippen LogP contribution in [-0.4, -0.2) is 15.9 Å². The zero-order valence-corrected chi connectivity index (χ0v) is 32.3. The lowest BCUT2D eigenvalue weighted by molar-refractivity contribution is 0.403. The van der Waals surface area contributed by atoms with E-state index >= 15 is 0 Å². The molecule has 1 aliphatic rings. The molecule has 5 aromatic rings. The van der Waals surface area contributed by atoms with Gasteiger partial charge in [-0.05, 0) is 141 Å². The Morgan fingerprint density at radius 2 is 0.926 bits per heavy atom. The van der Waals surface area contributed by atoms with E-state index in [-0.39, 0.29) is 11.5 Å². The largest absolute Gasteiger partial charge is 0.504 e. The number of phenolic OH excluding ortho intramolecular Hbond substituents is 2. The SMILES string of the molecule is CCCCCCc1ccc(N(c2ccc(C#Cc3ccc(C#CC4=Nc5cc(O)c(O)cc5C4(C)C)cc3)cc2)c2ccc(CCCCCC)cc2)cc1. The standard InChI is InChI=1S/C50H52N2O2/c1-5-7-9-11-13-37-21-28-42(29-22-37)52(43-30-23-38(24-31-43)14-12-10-8-6-2)44-32-25-41(26-33-44)20-17-39-15-18-40(19-16-39)27-34-49-50(3,4)45-35-47(53)48(54)36-46(45)51-49/h15-16,18-19,21-26,28-33,35-36,53-54H,5-14H2,1-4H3. The van der Waals surface area contributed by atoms with Gasteiger partial charge in [-0.1, -0.05) is 94.4 Å². The molecule has 1 aliphatic heterocycles. The molecule has 0 unspecified atom stereocenters. The number of aromatic hydroxyl groups is 2. The van der Waals surface area contributed by atoms with Crippen molar-refractivity contribution in [1.82, 2.24) is 0 Å². The molecule has 0 saturated carbocycles. The van der Waals surface area contributed by atoms with Crippen LogP contribution in [0.25, 0.3) is 0 Å². The predicted molar refractivity (Wildman–Crippen MR) is 226 cm³/mol. The molecule has 6 rings (SSSR count). The molecule has 4 nitrogen and oxygen atoms in total. The predicted octanol–water partition coefficient (Wildman–Crippen LogP) is 12.6. The molecule has 0 amide bonds. The second-order valence-corrected chi connectivity index (χ2v) is 14.9. The van der Waals surface area contributed by atoms with E-state index in [4.69, 9.17) is 0 Å². The lowest BCUT2D eigenvalue weighted by atomic mass is 9.81. The van der Waals surface area contributed by atoms with Gasteiger partial charge in [0.15, 0.2) is 11.5 Å². The number of rotatable bonds is 13. The second-order valence-electron chi connectivity index (χ2n) is 14.9. The number of aliphatic imine (C=N–C) groups is 1. The number of aryl methyl sites for hydroxylation is 2. The minimum atomic E-state index is -0.470. The molecule has 0 spiro atoms. The van der Waals surface area contributed by atoms with Crippen LogP contribution in [0.2, 0.25) is 0 Å². The van der Waals surface area contributed by atoms with E-state index in [0.29, 0.717) is 11.4 Å². The molecule has 0 saturated heterocycles. The summed E-state index contributed by atoms with van der Waals surface area (Å²) in [4.78, 5) is 6.97. The number of benzene rings is 5. The molecule has 1 heterocycles. The van der Waals surface area contributed by atoms with Gasteiger partial charge in [0.25, 0.3) is 0 Å². The minimum absolute atomic E-state index is 0.149. The Hall–Kier alpha value is -5.71. The van der Waals surface area contributed by atoms with Crippen LogP contribution < -0.4 is 4.90 Å². The van der Waals surface area contributed by atoms with Crippen molar-refractivity contribution in [1.29, 1.82) is 0 Å². The van der Waals surface area contributed by atoms with E-state index in [1.807, 2.05) is 38.1 Å². The number of nitrogens with zero attached hydrogens (tertiary/aromatic N) is 2. The average molecular weight is 713 g/mol. The van der Waals surface area contributed by atoms with Crippen molar-refractivity contribution in [3.63, 3.8) is 0 Å². The number of anilines is 3. The monoisotopic (exact) mass is 712 g/mol. The fourth-order valence-electron chi connectivity index (χ4n) is 6.92. The van der Waals surface area contributed by atoms with E-state index in [9.17, 15) is 10.2 Å². The molecule has 0 fully saturated rings. The van der Waals surface area contributed by atoms with Crippen LogP contribution in [0.4, 0.5) is 22.7 Å². The van der Waals surface area contributed by atoms with E-state index in [2.05, 4.69) is 120 Å². The number of hydrogen-bond donors (Lipinski definition) is 2.